The normalized spacial score (nSPS) is 21.0. The molecule has 1 amide bonds. The van der Waals surface area contributed by atoms with Gasteiger partial charge in [-0.05, 0) is 19.0 Å². The molecular weight excluding hydrogens is 266 g/mol. The van der Waals surface area contributed by atoms with Gasteiger partial charge in [0, 0.05) is 19.6 Å². The van der Waals surface area contributed by atoms with Crippen molar-refractivity contribution in [1.82, 2.24) is 10.2 Å². The van der Waals surface area contributed by atoms with E-state index in [1.165, 1.54) is 0 Å². The van der Waals surface area contributed by atoms with E-state index in [-0.39, 0.29) is 12.0 Å². The van der Waals surface area contributed by atoms with Crippen LogP contribution in [0.15, 0.2) is 24.3 Å². The van der Waals surface area contributed by atoms with Crippen LogP contribution < -0.4 is 11.1 Å². The van der Waals surface area contributed by atoms with E-state index < -0.39 is 6.04 Å². The third kappa shape index (κ3) is 4.52. The van der Waals surface area contributed by atoms with Crippen LogP contribution >= 0.6 is 0 Å². The first-order valence-corrected chi connectivity index (χ1v) is 7.54. The molecule has 2 rings (SSSR count). The number of nitrogens with one attached hydrogen (secondary N) is 1. The Kier molecular flexibility index (Phi) is 5.73. The largest absolute Gasteiger partial charge is 0.374 e. The molecule has 0 aliphatic carbocycles. The average molecular weight is 291 g/mol. The van der Waals surface area contributed by atoms with E-state index >= 15 is 0 Å². The van der Waals surface area contributed by atoms with Gasteiger partial charge in [0.25, 0.3) is 0 Å². The van der Waals surface area contributed by atoms with E-state index in [0.29, 0.717) is 6.54 Å². The number of amides is 1. The zero-order valence-electron chi connectivity index (χ0n) is 12.8. The minimum absolute atomic E-state index is 0.0490. The highest BCUT2D eigenvalue weighted by molar-refractivity contribution is 5.82. The van der Waals surface area contributed by atoms with Gasteiger partial charge >= 0.3 is 0 Å². The average Bonchev–Trinajstić information content (AvgIpc) is 2.53. The van der Waals surface area contributed by atoms with Crippen LogP contribution in [0.5, 0.6) is 0 Å². The number of morpholine rings is 1. The highest BCUT2D eigenvalue weighted by atomic mass is 16.5. The lowest BCUT2D eigenvalue weighted by Crippen LogP contribution is -2.48. The lowest BCUT2D eigenvalue weighted by Gasteiger charge is -2.32. The number of carbonyl (C=O) groups is 1. The smallest absolute Gasteiger partial charge is 0.241 e. The van der Waals surface area contributed by atoms with E-state index in [9.17, 15) is 4.79 Å². The molecule has 1 aromatic rings. The molecule has 2 atom stereocenters. The molecule has 21 heavy (non-hydrogen) atoms. The summed E-state index contributed by atoms with van der Waals surface area (Å²) in [4.78, 5) is 14.4. The number of nitrogens with zero attached hydrogens (tertiary/aromatic N) is 1. The Balaban J connectivity index is 1.82. The first-order valence-electron chi connectivity index (χ1n) is 7.54. The summed E-state index contributed by atoms with van der Waals surface area (Å²) < 4.78 is 5.66. The summed E-state index contributed by atoms with van der Waals surface area (Å²) in [5.41, 5.74) is 7.98. The number of aryl methyl sites for hydroxylation is 1. The number of nitrogens with two attached hydrogens (primary N) is 1. The first kappa shape index (κ1) is 15.9. The summed E-state index contributed by atoms with van der Waals surface area (Å²) in [5.74, 6) is -0.156. The molecule has 1 aliphatic rings. The standard InChI is InChI=1S/C16H25N3O2/c1-3-19-8-9-21-14(11-19)10-18-16(20)15(17)13-6-4-12(2)5-7-13/h4-7,14-15H,3,8-11,17H2,1-2H3,(H,18,20). The van der Waals surface area contributed by atoms with Crippen LogP contribution in [-0.4, -0.2) is 49.7 Å². The molecule has 1 saturated heterocycles. The van der Waals surface area contributed by atoms with Crippen LogP contribution in [-0.2, 0) is 9.53 Å². The Bertz CT molecular complexity index is 461. The molecule has 5 heteroatoms. The second-order valence-electron chi connectivity index (χ2n) is 5.52. The van der Waals surface area contributed by atoms with Gasteiger partial charge in [-0.25, -0.2) is 0 Å². The fraction of sp³-hybridized carbons (Fsp3) is 0.562. The molecule has 0 bridgehead atoms. The predicted octanol–water partition coefficient (Wildman–Crippen LogP) is 0.832. The minimum Gasteiger partial charge on any atom is -0.374 e. The summed E-state index contributed by atoms with van der Waals surface area (Å²) in [7, 11) is 0. The number of benzene rings is 1. The maximum absolute atomic E-state index is 12.1. The number of carbonyl (C=O) groups excluding carboxylic acids is 1. The Morgan fingerprint density at radius 3 is 2.86 bits per heavy atom. The van der Waals surface area contributed by atoms with Gasteiger partial charge in [0.15, 0.2) is 0 Å². The summed E-state index contributed by atoms with van der Waals surface area (Å²) in [6, 6.07) is 7.10. The van der Waals surface area contributed by atoms with Crippen LogP contribution in [0, 0.1) is 6.92 Å². The SMILES string of the molecule is CCN1CCOC(CNC(=O)C(N)c2ccc(C)cc2)C1. The van der Waals surface area contributed by atoms with Crippen molar-refractivity contribution in [2.24, 2.45) is 5.73 Å². The number of rotatable bonds is 5. The van der Waals surface area contributed by atoms with Crippen molar-refractivity contribution in [2.75, 3.05) is 32.8 Å². The summed E-state index contributed by atoms with van der Waals surface area (Å²) in [5, 5.41) is 2.89. The molecule has 1 aromatic carbocycles. The van der Waals surface area contributed by atoms with Crippen molar-refractivity contribution >= 4 is 5.91 Å². The fourth-order valence-electron chi connectivity index (χ4n) is 2.44. The van der Waals surface area contributed by atoms with Crippen molar-refractivity contribution in [3.05, 3.63) is 35.4 Å². The van der Waals surface area contributed by atoms with Crippen molar-refractivity contribution in [3.63, 3.8) is 0 Å². The van der Waals surface area contributed by atoms with E-state index in [0.717, 1.165) is 37.4 Å². The minimum atomic E-state index is -0.628. The lowest BCUT2D eigenvalue weighted by atomic mass is 10.1. The van der Waals surface area contributed by atoms with Gasteiger partial charge in [-0.15, -0.1) is 0 Å². The first-order chi connectivity index (χ1) is 10.1. The van der Waals surface area contributed by atoms with Crippen LogP contribution in [0.4, 0.5) is 0 Å². The molecular formula is C16H25N3O2. The van der Waals surface area contributed by atoms with Gasteiger partial charge in [-0.2, -0.15) is 0 Å². The Morgan fingerprint density at radius 2 is 2.19 bits per heavy atom. The maximum atomic E-state index is 12.1. The molecule has 116 valence electrons. The van der Waals surface area contributed by atoms with Crippen LogP contribution in [0.2, 0.25) is 0 Å². The zero-order valence-corrected chi connectivity index (χ0v) is 12.8. The van der Waals surface area contributed by atoms with Gasteiger partial charge in [-0.1, -0.05) is 36.8 Å². The van der Waals surface area contributed by atoms with Gasteiger partial charge in [0.05, 0.1) is 12.7 Å². The Labute approximate surface area is 126 Å². The van der Waals surface area contributed by atoms with Crippen LogP contribution in [0.1, 0.15) is 24.1 Å². The summed E-state index contributed by atoms with van der Waals surface area (Å²) >= 11 is 0. The van der Waals surface area contributed by atoms with Crippen molar-refractivity contribution in [3.8, 4) is 0 Å². The number of ether oxygens (including phenoxy) is 1. The quantitative estimate of drug-likeness (QED) is 0.843. The third-order valence-corrected chi connectivity index (χ3v) is 3.89. The maximum Gasteiger partial charge on any atom is 0.241 e. The zero-order chi connectivity index (χ0) is 15.2. The third-order valence-electron chi connectivity index (χ3n) is 3.89. The van der Waals surface area contributed by atoms with E-state index in [4.69, 9.17) is 10.5 Å². The Morgan fingerprint density at radius 1 is 1.48 bits per heavy atom. The second-order valence-corrected chi connectivity index (χ2v) is 5.52. The fourth-order valence-corrected chi connectivity index (χ4v) is 2.44. The summed E-state index contributed by atoms with van der Waals surface area (Å²) in [6.07, 6.45) is 0.0490. The topological polar surface area (TPSA) is 67.6 Å². The van der Waals surface area contributed by atoms with E-state index in [2.05, 4.69) is 17.1 Å². The van der Waals surface area contributed by atoms with Crippen molar-refractivity contribution in [1.29, 1.82) is 0 Å². The van der Waals surface area contributed by atoms with Crippen LogP contribution in [0.3, 0.4) is 0 Å². The van der Waals surface area contributed by atoms with Gasteiger partial charge < -0.3 is 15.8 Å². The highest BCUT2D eigenvalue weighted by Crippen LogP contribution is 2.12. The molecule has 3 N–H and O–H groups in total. The molecule has 0 radical (unpaired) electrons. The molecule has 0 aromatic heterocycles. The second kappa shape index (κ2) is 7.54. The number of hydrogen-bond acceptors (Lipinski definition) is 4. The molecule has 1 fully saturated rings. The molecule has 5 nitrogen and oxygen atoms in total. The molecule has 0 saturated carbocycles. The van der Waals surface area contributed by atoms with E-state index in [1.807, 2.05) is 31.2 Å². The van der Waals surface area contributed by atoms with Gasteiger partial charge in [-0.3, -0.25) is 9.69 Å². The molecule has 1 aliphatic heterocycles. The van der Waals surface area contributed by atoms with Crippen molar-refractivity contribution in [2.45, 2.75) is 26.0 Å². The monoisotopic (exact) mass is 291 g/mol. The molecule has 0 spiro atoms. The van der Waals surface area contributed by atoms with Crippen molar-refractivity contribution < 1.29 is 9.53 Å². The van der Waals surface area contributed by atoms with Crippen LogP contribution in [0.25, 0.3) is 0 Å². The number of likely N-dealkylation sites (N-methyl/N-ethyl adjacent to an activating group) is 1. The summed E-state index contributed by atoms with van der Waals surface area (Å²) in [6.45, 7) is 8.20. The van der Waals surface area contributed by atoms with E-state index in [1.54, 1.807) is 0 Å². The molecule has 2 unspecified atom stereocenters. The highest BCUT2D eigenvalue weighted by Gasteiger charge is 2.21. The lowest BCUT2D eigenvalue weighted by molar-refractivity contribution is -0.123. The number of hydrogen-bond donors (Lipinski definition) is 2. The van der Waals surface area contributed by atoms with Gasteiger partial charge in [0.2, 0.25) is 5.91 Å². The molecule has 1 heterocycles. The predicted molar refractivity (Wildman–Crippen MR) is 83.0 cm³/mol. The Hall–Kier alpha value is -1.43. The van der Waals surface area contributed by atoms with Gasteiger partial charge in [0.1, 0.15) is 6.04 Å².